The van der Waals surface area contributed by atoms with E-state index in [-0.39, 0.29) is 23.2 Å². The van der Waals surface area contributed by atoms with Crippen LogP contribution in [-0.4, -0.2) is 56.5 Å². The smallest absolute Gasteiger partial charge is 0.257 e. The molecule has 1 saturated heterocycles. The maximum absolute atomic E-state index is 12.6. The predicted octanol–water partition coefficient (Wildman–Crippen LogP) is 1.43. The third-order valence-corrected chi connectivity index (χ3v) is 6.19. The average Bonchev–Trinajstić information content (AvgIpc) is 2.73. The molecule has 1 amide bonds. The summed E-state index contributed by atoms with van der Waals surface area (Å²) in [6.07, 6.45) is 1.56. The third-order valence-electron chi connectivity index (χ3n) is 4.28. The molecule has 2 aromatic rings. The SMILES string of the molecule is CCOc1ncccc1C(=O)NCc1ccc(S(=O)(=O)N2CCOCC2)cc1. The minimum atomic E-state index is -3.52. The maximum Gasteiger partial charge on any atom is 0.257 e. The quantitative estimate of drug-likeness (QED) is 0.748. The summed E-state index contributed by atoms with van der Waals surface area (Å²) in [5.41, 5.74) is 1.15. The summed E-state index contributed by atoms with van der Waals surface area (Å²) in [4.78, 5) is 16.7. The number of hydrogen-bond acceptors (Lipinski definition) is 6. The minimum Gasteiger partial charge on any atom is -0.477 e. The number of nitrogens with zero attached hydrogens (tertiary/aromatic N) is 2. The van der Waals surface area contributed by atoms with Crippen LogP contribution >= 0.6 is 0 Å². The van der Waals surface area contributed by atoms with Crippen molar-refractivity contribution >= 4 is 15.9 Å². The van der Waals surface area contributed by atoms with E-state index in [1.807, 2.05) is 6.92 Å². The summed E-state index contributed by atoms with van der Waals surface area (Å²) in [5.74, 6) is -0.0176. The number of amides is 1. The predicted molar refractivity (Wildman–Crippen MR) is 103 cm³/mol. The molecule has 0 radical (unpaired) electrons. The highest BCUT2D eigenvalue weighted by Gasteiger charge is 2.26. The van der Waals surface area contributed by atoms with Gasteiger partial charge in [-0.3, -0.25) is 4.79 Å². The molecule has 0 bridgehead atoms. The molecule has 8 nitrogen and oxygen atoms in total. The number of aromatic nitrogens is 1. The lowest BCUT2D eigenvalue weighted by Gasteiger charge is -2.26. The van der Waals surface area contributed by atoms with E-state index >= 15 is 0 Å². The van der Waals surface area contributed by atoms with Gasteiger partial charge in [-0.1, -0.05) is 12.1 Å². The second-order valence-electron chi connectivity index (χ2n) is 6.13. The van der Waals surface area contributed by atoms with Crippen molar-refractivity contribution in [3.05, 3.63) is 53.7 Å². The van der Waals surface area contributed by atoms with Gasteiger partial charge < -0.3 is 14.8 Å². The van der Waals surface area contributed by atoms with Crippen molar-refractivity contribution < 1.29 is 22.7 Å². The fraction of sp³-hybridized carbons (Fsp3) is 0.368. The Morgan fingerprint density at radius 3 is 2.61 bits per heavy atom. The van der Waals surface area contributed by atoms with E-state index in [4.69, 9.17) is 9.47 Å². The van der Waals surface area contributed by atoms with Gasteiger partial charge in [0.25, 0.3) is 5.91 Å². The third kappa shape index (κ3) is 4.67. The lowest BCUT2D eigenvalue weighted by Crippen LogP contribution is -2.40. The van der Waals surface area contributed by atoms with Crippen molar-refractivity contribution in [2.24, 2.45) is 0 Å². The lowest BCUT2D eigenvalue weighted by molar-refractivity contribution is 0.0730. The zero-order valence-corrected chi connectivity index (χ0v) is 16.4. The summed E-state index contributed by atoms with van der Waals surface area (Å²) >= 11 is 0. The Bertz CT molecular complexity index is 909. The number of carbonyl (C=O) groups excluding carboxylic acids is 1. The normalized spacial score (nSPS) is 15.2. The van der Waals surface area contributed by atoms with Crippen LogP contribution in [0.15, 0.2) is 47.5 Å². The second kappa shape index (κ2) is 9.13. The largest absolute Gasteiger partial charge is 0.477 e. The molecule has 28 heavy (non-hydrogen) atoms. The molecule has 150 valence electrons. The van der Waals surface area contributed by atoms with Gasteiger partial charge in [0, 0.05) is 25.8 Å². The van der Waals surface area contributed by atoms with E-state index < -0.39 is 10.0 Å². The highest BCUT2D eigenvalue weighted by molar-refractivity contribution is 7.89. The highest BCUT2D eigenvalue weighted by Crippen LogP contribution is 2.18. The number of pyridine rings is 1. The van der Waals surface area contributed by atoms with Gasteiger partial charge in [-0.2, -0.15) is 4.31 Å². The molecular weight excluding hydrogens is 382 g/mol. The Balaban J connectivity index is 1.64. The van der Waals surface area contributed by atoms with Crippen molar-refractivity contribution in [1.29, 1.82) is 0 Å². The van der Waals surface area contributed by atoms with Gasteiger partial charge in [0.1, 0.15) is 5.56 Å². The first-order valence-corrected chi connectivity index (χ1v) is 10.5. The summed E-state index contributed by atoms with van der Waals surface area (Å²) in [6.45, 7) is 4.01. The lowest BCUT2D eigenvalue weighted by atomic mass is 10.2. The molecule has 0 spiro atoms. The van der Waals surface area contributed by atoms with Crippen molar-refractivity contribution in [2.75, 3.05) is 32.9 Å². The summed E-state index contributed by atoms with van der Waals surface area (Å²) in [7, 11) is -3.52. The number of benzene rings is 1. The van der Waals surface area contributed by atoms with Crippen LogP contribution in [0.3, 0.4) is 0 Å². The van der Waals surface area contributed by atoms with Gasteiger partial charge in [0.15, 0.2) is 0 Å². The maximum atomic E-state index is 12.6. The summed E-state index contributed by atoms with van der Waals surface area (Å²) in [6, 6.07) is 9.82. The molecule has 3 rings (SSSR count). The zero-order chi connectivity index (χ0) is 20.0. The Hall–Kier alpha value is -2.49. The monoisotopic (exact) mass is 405 g/mol. The molecule has 0 saturated carbocycles. The molecule has 0 aliphatic carbocycles. The van der Waals surface area contributed by atoms with E-state index in [0.29, 0.717) is 38.5 Å². The Morgan fingerprint density at radius 1 is 1.21 bits per heavy atom. The van der Waals surface area contributed by atoms with Crippen molar-refractivity contribution in [3.63, 3.8) is 0 Å². The number of carbonyl (C=O) groups is 1. The van der Waals surface area contributed by atoms with Crippen LogP contribution in [0.5, 0.6) is 5.88 Å². The number of sulfonamides is 1. The van der Waals surface area contributed by atoms with Gasteiger partial charge in [-0.05, 0) is 36.8 Å². The Morgan fingerprint density at radius 2 is 1.93 bits per heavy atom. The number of hydrogen-bond donors (Lipinski definition) is 1. The number of nitrogens with one attached hydrogen (secondary N) is 1. The first-order chi connectivity index (χ1) is 13.5. The van der Waals surface area contributed by atoms with Gasteiger partial charge in [0.05, 0.1) is 24.7 Å². The standard InChI is InChI=1S/C19H23N3O5S/c1-2-27-19-17(4-3-9-20-19)18(23)21-14-15-5-7-16(8-6-15)28(24,25)22-10-12-26-13-11-22/h3-9H,2,10-14H2,1H3,(H,21,23). The van der Waals surface area contributed by atoms with Crippen molar-refractivity contribution in [3.8, 4) is 5.88 Å². The Kier molecular flexibility index (Phi) is 6.61. The van der Waals surface area contributed by atoms with Crippen LogP contribution in [0.2, 0.25) is 0 Å². The van der Waals surface area contributed by atoms with E-state index in [9.17, 15) is 13.2 Å². The molecule has 2 heterocycles. The Labute approximate surface area is 164 Å². The van der Waals surface area contributed by atoms with Gasteiger partial charge in [-0.25, -0.2) is 13.4 Å². The minimum absolute atomic E-state index is 0.232. The molecular formula is C19H23N3O5S. The molecule has 1 aromatic carbocycles. The molecule has 1 fully saturated rings. The molecule has 9 heteroatoms. The van der Waals surface area contributed by atoms with Crippen LogP contribution in [-0.2, 0) is 21.3 Å². The van der Waals surface area contributed by atoms with Crippen LogP contribution in [0.25, 0.3) is 0 Å². The first-order valence-electron chi connectivity index (χ1n) is 9.05. The van der Waals surface area contributed by atoms with Gasteiger partial charge in [-0.15, -0.1) is 0 Å². The molecule has 0 unspecified atom stereocenters. The zero-order valence-electron chi connectivity index (χ0n) is 15.6. The topological polar surface area (TPSA) is 97.8 Å². The van der Waals surface area contributed by atoms with Gasteiger partial charge in [0.2, 0.25) is 15.9 Å². The highest BCUT2D eigenvalue weighted by atomic mass is 32.2. The van der Waals surface area contributed by atoms with E-state index in [1.165, 1.54) is 4.31 Å². The van der Waals surface area contributed by atoms with E-state index in [1.54, 1.807) is 42.6 Å². The van der Waals surface area contributed by atoms with Crippen LogP contribution in [0.4, 0.5) is 0 Å². The second-order valence-corrected chi connectivity index (χ2v) is 8.07. The molecule has 1 N–H and O–H groups in total. The fourth-order valence-electron chi connectivity index (χ4n) is 2.81. The van der Waals surface area contributed by atoms with E-state index in [2.05, 4.69) is 10.3 Å². The van der Waals surface area contributed by atoms with Crippen LogP contribution < -0.4 is 10.1 Å². The van der Waals surface area contributed by atoms with Crippen LogP contribution in [0, 0.1) is 0 Å². The number of rotatable bonds is 7. The molecule has 1 aromatic heterocycles. The average molecular weight is 405 g/mol. The molecule has 1 aliphatic rings. The first kappa shape index (κ1) is 20.2. The summed E-state index contributed by atoms with van der Waals surface area (Å²) < 4.78 is 37.3. The van der Waals surface area contributed by atoms with E-state index in [0.717, 1.165) is 5.56 Å². The fourth-order valence-corrected chi connectivity index (χ4v) is 4.22. The molecule has 1 aliphatic heterocycles. The number of morpholine rings is 1. The molecule has 0 atom stereocenters. The van der Waals surface area contributed by atoms with Crippen LogP contribution in [0.1, 0.15) is 22.8 Å². The number of ether oxygens (including phenoxy) is 2. The summed E-state index contributed by atoms with van der Waals surface area (Å²) in [5, 5.41) is 2.80. The van der Waals surface area contributed by atoms with Crippen molar-refractivity contribution in [2.45, 2.75) is 18.4 Å². The van der Waals surface area contributed by atoms with Gasteiger partial charge >= 0.3 is 0 Å². The van der Waals surface area contributed by atoms with Crippen molar-refractivity contribution in [1.82, 2.24) is 14.6 Å².